The van der Waals surface area contributed by atoms with E-state index in [1.54, 1.807) is 0 Å². The fourth-order valence-corrected chi connectivity index (χ4v) is 1.46. The van der Waals surface area contributed by atoms with Gasteiger partial charge in [-0.2, -0.15) is 0 Å². The monoisotopic (exact) mass is 160 g/mol. The molecule has 0 amide bonds. The molecule has 1 heterocycles. The van der Waals surface area contributed by atoms with Gasteiger partial charge in [0.1, 0.15) is 6.17 Å². The average molecular weight is 160 g/mol. The molecule has 1 saturated heterocycles. The SMILES string of the molecule is CCC(N)N1CCC(F)CC1. The number of nitrogens with two attached hydrogens (primary N) is 1. The lowest BCUT2D eigenvalue weighted by Crippen LogP contribution is -2.46. The Morgan fingerprint density at radius 1 is 1.55 bits per heavy atom. The van der Waals surface area contributed by atoms with Crippen LogP contribution >= 0.6 is 0 Å². The lowest BCUT2D eigenvalue weighted by Gasteiger charge is -2.32. The third-order valence-corrected chi connectivity index (χ3v) is 2.35. The summed E-state index contributed by atoms with van der Waals surface area (Å²) in [6.07, 6.45) is 1.83. The molecular weight excluding hydrogens is 143 g/mol. The van der Waals surface area contributed by atoms with Gasteiger partial charge in [-0.15, -0.1) is 0 Å². The number of rotatable bonds is 2. The lowest BCUT2D eigenvalue weighted by molar-refractivity contribution is 0.111. The number of alkyl halides is 1. The van der Waals surface area contributed by atoms with Crippen molar-refractivity contribution >= 4 is 0 Å². The summed E-state index contributed by atoms with van der Waals surface area (Å²) in [5, 5.41) is 0. The van der Waals surface area contributed by atoms with Crippen LogP contribution in [-0.4, -0.2) is 30.3 Å². The van der Waals surface area contributed by atoms with Gasteiger partial charge in [0.2, 0.25) is 0 Å². The molecule has 0 bridgehead atoms. The van der Waals surface area contributed by atoms with Crippen LogP contribution in [0, 0.1) is 0 Å². The summed E-state index contributed by atoms with van der Waals surface area (Å²) >= 11 is 0. The minimum Gasteiger partial charge on any atom is -0.316 e. The number of piperidine rings is 1. The Morgan fingerprint density at radius 3 is 2.55 bits per heavy atom. The highest BCUT2D eigenvalue weighted by Gasteiger charge is 2.21. The van der Waals surface area contributed by atoms with Crippen LogP contribution in [0.2, 0.25) is 0 Å². The molecule has 0 aromatic heterocycles. The van der Waals surface area contributed by atoms with Gasteiger partial charge in [0.05, 0.1) is 6.17 Å². The standard InChI is InChI=1S/C8H17FN2/c1-2-8(10)11-5-3-7(9)4-6-11/h7-8H,2-6,10H2,1H3. The van der Waals surface area contributed by atoms with Gasteiger partial charge in [0.15, 0.2) is 0 Å². The van der Waals surface area contributed by atoms with Gasteiger partial charge in [0.25, 0.3) is 0 Å². The van der Waals surface area contributed by atoms with E-state index in [9.17, 15) is 4.39 Å². The summed E-state index contributed by atoms with van der Waals surface area (Å²) in [5.74, 6) is 0. The Hall–Kier alpha value is -0.150. The van der Waals surface area contributed by atoms with E-state index in [2.05, 4.69) is 11.8 Å². The topological polar surface area (TPSA) is 29.3 Å². The normalized spacial score (nSPS) is 25.4. The molecule has 0 radical (unpaired) electrons. The van der Waals surface area contributed by atoms with Gasteiger partial charge in [-0.1, -0.05) is 6.92 Å². The third kappa shape index (κ3) is 2.42. The highest BCUT2D eigenvalue weighted by Crippen LogP contribution is 2.14. The summed E-state index contributed by atoms with van der Waals surface area (Å²) in [6.45, 7) is 3.72. The highest BCUT2D eigenvalue weighted by molar-refractivity contribution is 4.74. The molecule has 2 N–H and O–H groups in total. The molecule has 66 valence electrons. The number of likely N-dealkylation sites (tertiary alicyclic amines) is 1. The predicted octanol–water partition coefficient (Wildman–Crippen LogP) is 1.12. The van der Waals surface area contributed by atoms with Gasteiger partial charge in [0, 0.05) is 13.1 Å². The quantitative estimate of drug-likeness (QED) is 0.655. The lowest BCUT2D eigenvalue weighted by atomic mass is 10.1. The van der Waals surface area contributed by atoms with Crippen LogP contribution in [0.1, 0.15) is 26.2 Å². The van der Waals surface area contributed by atoms with Crippen molar-refractivity contribution in [1.82, 2.24) is 4.90 Å². The maximum absolute atomic E-state index is 12.7. The summed E-state index contributed by atoms with van der Waals surface area (Å²) in [4.78, 5) is 2.16. The van der Waals surface area contributed by atoms with E-state index in [0.29, 0.717) is 12.8 Å². The third-order valence-electron chi connectivity index (χ3n) is 2.35. The maximum Gasteiger partial charge on any atom is 0.103 e. The first-order valence-electron chi connectivity index (χ1n) is 4.37. The van der Waals surface area contributed by atoms with E-state index in [-0.39, 0.29) is 6.17 Å². The molecule has 1 rings (SSSR count). The number of halogens is 1. The molecule has 1 aliphatic heterocycles. The molecule has 1 unspecified atom stereocenters. The van der Waals surface area contributed by atoms with E-state index < -0.39 is 6.17 Å². The minimum atomic E-state index is -0.588. The second kappa shape index (κ2) is 4.02. The molecule has 1 atom stereocenters. The van der Waals surface area contributed by atoms with E-state index in [0.717, 1.165) is 19.5 Å². The zero-order chi connectivity index (χ0) is 8.27. The summed E-state index contributed by atoms with van der Waals surface area (Å²) < 4.78 is 12.7. The fourth-order valence-electron chi connectivity index (χ4n) is 1.46. The number of nitrogens with zero attached hydrogens (tertiary/aromatic N) is 1. The van der Waals surface area contributed by atoms with Crippen molar-refractivity contribution in [2.24, 2.45) is 5.73 Å². The second-order valence-electron chi connectivity index (χ2n) is 3.19. The van der Waals surface area contributed by atoms with Crippen molar-refractivity contribution in [2.45, 2.75) is 38.5 Å². The van der Waals surface area contributed by atoms with Gasteiger partial charge >= 0.3 is 0 Å². The molecule has 0 aromatic rings. The second-order valence-corrected chi connectivity index (χ2v) is 3.19. The first-order valence-corrected chi connectivity index (χ1v) is 4.37. The minimum absolute atomic E-state index is 0.141. The Morgan fingerprint density at radius 2 is 2.09 bits per heavy atom. The van der Waals surface area contributed by atoms with Crippen molar-refractivity contribution in [3.8, 4) is 0 Å². The van der Waals surface area contributed by atoms with Crippen LogP contribution in [0.4, 0.5) is 4.39 Å². The molecular formula is C8H17FN2. The van der Waals surface area contributed by atoms with Crippen LogP contribution in [-0.2, 0) is 0 Å². The van der Waals surface area contributed by atoms with E-state index in [1.165, 1.54) is 0 Å². The van der Waals surface area contributed by atoms with Crippen molar-refractivity contribution in [1.29, 1.82) is 0 Å². The maximum atomic E-state index is 12.7. The van der Waals surface area contributed by atoms with Gasteiger partial charge in [-0.3, -0.25) is 4.90 Å². The van der Waals surface area contributed by atoms with Crippen LogP contribution in [0.3, 0.4) is 0 Å². The van der Waals surface area contributed by atoms with E-state index in [4.69, 9.17) is 5.73 Å². The molecule has 3 heteroatoms. The Bertz CT molecular complexity index is 111. The Kier molecular flexibility index (Phi) is 3.27. The Labute approximate surface area is 67.6 Å². The zero-order valence-corrected chi connectivity index (χ0v) is 7.09. The van der Waals surface area contributed by atoms with Crippen LogP contribution in [0.25, 0.3) is 0 Å². The van der Waals surface area contributed by atoms with Gasteiger partial charge < -0.3 is 5.73 Å². The largest absolute Gasteiger partial charge is 0.316 e. The van der Waals surface area contributed by atoms with Gasteiger partial charge in [-0.05, 0) is 19.3 Å². The first-order chi connectivity index (χ1) is 5.24. The van der Waals surface area contributed by atoms with Crippen molar-refractivity contribution in [2.75, 3.05) is 13.1 Å². The van der Waals surface area contributed by atoms with Crippen molar-refractivity contribution < 1.29 is 4.39 Å². The molecule has 11 heavy (non-hydrogen) atoms. The number of hydrogen-bond donors (Lipinski definition) is 1. The summed E-state index contributed by atoms with van der Waals surface area (Å²) in [7, 11) is 0. The molecule has 0 spiro atoms. The van der Waals surface area contributed by atoms with Crippen LogP contribution in [0.15, 0.2) is 0 Å². The highest BCUT2D eigenvalue weighted by atomic mass is 19.1. The molecule has 0 aliphatic carbocycles. The zero-order valence-electron chi connectivity index (χ0n) is 7.09. The molecule has 2 nitrogen and oxygen atoms in total. The van der Waals surface area contributed by atoms with Gasteiger partial charge in [-0.25, -0.2) is 4.39 Å². The predicted molar refractivity (Wildman–Crippen MR) is 44.0 cm³/mol. The van der Waals surface area contributed by atoms with Crippen LogP contribution < -0.4 is 5.73 Å². The fraction of sp³-hybridized carbons (Fsp3) is 1.00. The Balaban J connectivity index is 2.27. The van der Waals surface area contributed by atoms with Crippen molar-refractivity contribution in [3.05, 3.63) is 0 Å². The van der Waals surface area contributed by atoms with E-state index >= 15 is 0 Å². The molecule has 0 aromatic carbocycles. The van der Waals surface area contributed by atoms with Crippen LogP contribution in [0.5, 0.6) is 0 Å². The number of hydrogen-bond acceptors (Lipinski definition) is 2. The van der Waals surface area contributed by atoms with Crippen molar-refractivity contribution in [3.63, 3.8) is 0 Å². The average Bonchev–Trinajstić information content (AvgIpc) is 2.05. The summed E-state index contributed by atoms with van der Waals surface area (Å²) in [5.41, 5.74) is 5.80. The summed E-state index contributed by atoms with van der Waals surface area (Å²) in [6, 6.07) is 0. The molecule has 0 saturated carbocycles. The molecule has 1 fully saturated rings. The molecule has 1 aliphatic rings. The smallest absolute Gasteiger partial charge is 0.103 e. The first kappa shape index (κ1) is 8.94. The van der Waals surface area contributed by atoms with E-state index in [1.807, 2.05) is 0 Å².